The van der Waals surface area contributed by atoms with Gasteiger partial charge in [0.15, 0.2) is 0 Å². The summed E-state index contributed by atoms with van der Waals surface area (Å²) in [7, 11) is 0. The standard InChI is InChI=1S/C17H20N2OS.ClH/c20-17(19-15-7-9-18-10-8-15)12-21-16-6-5-13-3-1-2-4-14(13)11-16;/h1-6,11,15,18H,7-10,12H2,(H,19,20);1H. The number of carbonyl (C=O) groups is 1. The summed E-state index contributed by atoms with van der Waals surface area (Å²) in [5.41, 5.74) is 0. The number of hydrogen-bond acceptors (Lipinski definition) is 3. The van der Waals surface area contributed by atoms with Gasteiger partial charge in [-0.05, 0) is 48.8 Å². The first-order chi connectivity index (χ1) is 10.3. The molecule has 1 aliphatic heterocycles. The van der Waals surface area contributed by atoms with Gasteiger partial charge in [0.1, 0.15) is 0 Å². The number of carbonyl (C=O) groups excluding carboxylic acids is 1. The lowest BCUT2D eigenvalue weighted by atomic mass is 10.1. The summed E-state index contributed by atoms with van der Waals surface area (Å²) in [6.07, 6.45) is 2.07. The molecule has 0 saturated carbocycles. The van der Waals surface area contributed by atoms with Gasteiger partial charge in [-0.15, -0.1) is 24.2 Å². The highest BCUT2D eigenvalue weighted by Crippen LogP contribution is 2.23. The molecule has 3 nitrogen and oxygen atoms in total. The Balaban J connectivity index is 0.00000176. The van der Waals surface area contributed by atoms with Crippen LogP contribution in [0.3, 0.4) is 0 Å². The fraction of sp³-hybridized carbons (Fsp3) is 0.353. The summed E-state index contributed by atoms with van der Waals surface area (Å²) in [6, 6.07) is 15.0. The highest BCUT2D eigenvalue weighted by atomic mass is 35.5. The number of nitrogens with one attached hydrogen (secondary N) is 2. The van der Waals surface area contributed by atoms with E-state index >= 15 is 0 Å². The number of rotatable bonds is 4. The maximum Gasteiger partial charge on any atom is 0.230 e. The van der Waals surface area contributed by atoms with Crippen molar-refractivity contribution >= 4 is 40.8 Å². The van der Waals surface area contributed by atoms with Crippen LogP contribution in [0, 0.1) is 0 Å². The van der Waals surface area contributed by atoms with Gasteiger partial charge < -0.3 is 10.6 Å². The molecule has 0 aromatic heterocycles. The normalized spacial score (nSPS) is 15.3. The van der Waals surface area contributed by atoms with Crippen molar-refractivity contribution < 1.29 is 4.79 Å². The van der Waals surface area contributed by atoms with Crippen LogP contribution in [0.25, 0.3) is 10.8 Å². The zero-order valence-electron chi connectivity index (χ0n) is 12.4. The molecule has 0 radical (unpaired) electrons. The Labute approximate surface area is 141 Å². The van der Waals surface area contributed by atoms with E-state index in [1.165, 1.54) is 10.8 Å². The van der Waals surface area contributed by atoms with Crippen LogP contribution < -0.4 is 10.6 Å². The minimum Gasteiger partial charge on any atom is -0.353 e. The molecule has 2 N–H and O–H groups in total. The predicted molar refractivity (Wildman–Crippen MR) is 96.0 cm³/mol. The van der Waals surface area contributed by atoms with Crippen molar-refractivity contribution in [3.63, 3.8) is 0 Å². The molecule has 1 amide bonds. The van der Waals surface area contributed by atoms with Crippen molar-refractivity contribution in [1.82, 2.24) is 10.6 Å². The Hall–Kier alpha value is -1.23. The fourth-order valence-corrected chi connectivity index (χ4v) is 3.40. The molecule has 1 aliphatic rings. The van der Waals surface area contributed by atoms with Crippen molar-refractivity contribution in [3.8, 4) is 0 Å². The Bertz CT molecular complexity index is 629. The predicted octanol–water partition coefficient (Wildman–Crippen LogP) is 3.22. The van der Waals surface area contributed by atoms with Gasteiger partial charge in [-0.3, -0.25) is 4.79 Å². The maximum absolute atomic E-state index is 12.0. The molecule has 0 atom stereocenters. The molecule has 1 saturated heterocycles. The first-order valence-electron chi connectivity index (χ1n) is 7.43. The van der Waals surface area contributed by atoms with E-state index in [2.05, 4.69) is 41.0 Å². The van der Waals surface area contributed by atoms with Gasteiger partial charge in [0.2, 0.25) is 5.91 Å². The number of fused-ring (bicyclic) bond motifs is 1. The molecule has 2 aromatic carbocycles. The topological polar surface area (TPSA) is 41.1 Å². The molecular weight excluding hydrogens is 316 g/mol. The molecule has 2 aromatic rings. The zero-order valence-corrected chi connectivity index (χ0v) is 14.0. The highest BCUT2D eigenvalue weighted by molar-refractivity contribution is 8.00. The molecule has 22 heavy (non-hydrogen) atoms. The second kappa shape index (κ2) is 8.42. The number of benzene rings is 2. The van der Waals surface area contributed by atoms with E-state index in [1.54, 1.807) is 11.8 Å². The lowest BCUT2D eigenvalue weighted by molar-refractivity contribution is -0.119. The molecule has 0 aliphatic carbocycles. The monoisotopic (exact) mass is 336 g/mol. The number of thioether (sulfide) groups is 1. The van der Waals surface area contributed by atoms with Gasteiger partial charge in [-0.1, -0.05) is 30.3 Å². The largest absolute Gasteiger partial charge is 0.353 e. The molecule has 1 fully saturated rings. The zero-order chi connectivity index (χ0) is 14.5. The van der Waals surface area contributed by atoms with Crippen molar-refractivity contribution in [3.05, 3.63) is 42.5 Å². The van der Waals surface area contributed by atoms with Gasteiger partial charge in [0.05, 0.1) is 5.75 Å². The van der Waals surface area contributed by atoms with Crippen LogP contribution >= 0.6 is 24.2 Å². The minimum absolute atomic E-state index is 0. The summed E-state index contributed by atoms with van der Waals surface area (Å²) in [6.45, 7) is 2.01. The summed E-state index contributed by atoms with van der Waals surface area (Å²) in [5.74, 6) is 0.627. The van der Waals surface area contributed by atoms with E-state index in [0.717, 1.165) is 30.8 Å². The van der Waals surface area contributed by atoms with Crippen LogP contribution in [-0.2, 0) is 4.79 Å². The van der Waals surface area contributed by atoms with E-state index in [9.17, 15) is 4.79 Å². The highest BCUT2D eigenvalue weighted by Gasteiger charge is 2.15. The Morgan fingerprint density at radius 1 is 1.14 bits per heavy atom. The van der Waals surface area contributed by atoms with E-state index in [1.807, 2.05) is 12.1 Å². The van der Waals surface area contributed by atoms with Crippen LogP contribution in [0.4, 0.5) is 0 Å². The maximum atomic E-state index is 12.0. The van der Waals surface area contributed by atoms with E-state index in [0.29, 0.717) is 11.8 Å². The summed E-state index contributed by atoms with van der Waals surface area (Å²) in [5, 5.41) is 8.89. The second-order valence-corrected chi connectivity index (χ2v) is 6.44. The van der Waals surface area contributed by atoms with Gasteiger partial charge >= 0.3 is 0 Å². The molecular formula is C17H21ClN2OS. The van der Waals surface area contributed by atoms with Crippen molar-refractivity contribution in [2.24, 2.45) is 0 Å². The molecule has 3 rings (SSSR count). The van der Waals surface area contributed by atoms with Gasteiger partial charge in [0, 0.05) is 10.9 Å². The SMILES string of the molecule is Cl.O=C(CSc1ccc2ccccc2c1)NC1CCNCC1. The van der Waals surface area contributed by atoms with Gasteiger partial charge in [-0.25, -0.2) is 0 Å². The second-order valence-electron chi connectivity index (χ2n) is 5.39. The molecule has 1 heterocycles. The fourth-order valence-electron chi connectivity index (χ4n) is 2.64. The van der Waals surface area contributed by atoms with Gasteiger partial charge in [-0.2, -0.15) is 0 Å². The smallest absolute Gasteiger partial charge is 0.230 e. The Morgan fingerprint density at radius 2 is 1.86 bits per heavy atom. The lowest BCUT2D eigenvalue weighted by Gasteiger charge is -2.23. The van der Waals surface area contributed by atoms with Crippen molar-refractivity contribution in [1.29, 1.82) is 0 Å². The third-order valence-corrected chi connectivity index (χ3v) is 4.79. The number of halogens is 1. The number of amides is 1. The molecule has 0 spiro atoms. The van der Waals surface area contributed by atoms with Crippen LogP contribution in [0.1, 0.15) is 12.8 Å². The minimum atomic E-state index is 0. The lowest BCUT2D eigenvalue weighted by Crippen LogP contribution is -2.43. The van der Waals surface area contributed by atoms with Crippen LogP contribution in [0.15, 0.2) is 47.4 Å². The number of hydrogen-bond donors (Lipinski definition) is 2. The number of piperidine rings is 1. The Morgan fingerprint density at radius 3 is 2.64 bits per heavy atom. The Kier molecular flexibility index (Phi) is 6.55. The summed E-state index contributed by atoms with van der Waals surface area (Å²) < 4.78 is 0. The van der Waals surface area contributed by atoms with E-state index in [-0.39, 0.29) is 18.3 Å². The van der Waals surface area contributed by atoms with Crippen LogP contribution in [0.5, 0.6) is 0 Å². The van der Waals surface area contributed by atoms with Crippen LogP contribution in [0.2, 0.25) is 0 Å². The first-order valence-corrected chi connectivity index (χ1v) is 8.41. The third kappa shape index (κ3) is 4.63. The van der Waals surface area contributed by atoms with E-state index in [4.69, 9.17) is 0 Å². The quantitative estimate of drug-likeness (QED) is 0.842. The third-order valence-electron chi connectivity index (χ3n) is 3.80. The summed E-state index contributed by atoms with van der Waals surface area (Å²) >= 11 is 1.60. The molecule has 0 unspecified atom stereocenters. The molecule has 118 valence electrons. The van der Waals surface area contributed by atoms with Gasteiger partial charge in [0.25, 0.3) is 0 Å². The first kappa shape index (κ1) is 17.1. The van der Waals surface area contributed by atoms with E-state index < -0.39 is 0 Å². The van der Waals surface area contributed by atoms with Crippen molar-refractivity contribution in [2.45, 2.75) is 23.8 Å². The average molecular weight is 337 g/mol. The van der Waals surface area contributed by atoms with Crippen molar-refractivity contribution in [2.75, 3.05) is 18.8 Å². The van der Waals surface area contributed by atoms with Crippen LogP contribution in [-0.4, -0.2) is 30.8 Å². The molecule has 0 bridgehead atoms. The molecule has 5 heteroatoms. The summed E-state index contributed by atoms with van der Waals surface area (Å²) in [4.78, 5) is 13.1. The average Bonchev–Trinajstić information content (AvgIpc) is 2.54.